The Balaban J connectivity index is 0.000000561. The molecule has 0 aromatic carbocycles. The van der Waals surface area contributed by atoms with Crippen LogP contribution in [0, 0.1) is 0 Å². The molecular weight excluding hydrogens is 156 g/mol. The Hall–Kier alpha value is -1.06. The molecule has 0 unspecified atom stereocenters. The fourth-order valence-corrected chi connectivity index (χ4v) is 0.831. The second-order valence-corrected chi connectivity index (χ2v) is 2.86. The fraction of sp³-hybridized carbons (Fsp3) is 0.750. The van der Waals surface area contributed by atoms with Crippen molar-refractivity contribution in [2.75, 3.05) is 6.54 Å². The van der Waals surface area contributed by atoms with Crippen molar-refractivity contribution in [1.29, 1.82) is 0 Å². The summed E-state index contributed by atoms with van der Waals surface area (Å²) in [5, 5.41) is 5.03. The minimum atomic E-state index is -0.741. The van der Waals surface area contributed by atoms with Crippen molar-refractivity contribution >= 4 is 11.8 Å². The third-order valence-electron chi connectivity index (χ3n) is 1.43. The molecule has 1 heterocycles. The highest BCUT2D eigenvalue weighted by Crippen LogP contribution is 2.04. The Labute approximate surface area is 72.7 Å². The zero-order chi connectivity index (χ0) is 9.78. The van der Waals surface area contributed by atoms with Crippen LogP contribution < -0.4 is 10.6 Å². The molecule has 12 heavy (non-hydrogen) atoms. The average molecular weight is 172 g/mol. The summed E-state index contributed by atoms with van der Waals surface area (Å²) < 4.78 is 0. The van der Waals surface area contributed by atoms with E-state index in [1.54, 1.807) is 13.8 Å². The molecule has 0 aromatic rings. The first-order valence-electron chi connectivity index (χ1n) is 4.12. The first-order valence-corrected chi connectivity index (χ1v) is 4.12. The van der Waals surface area contributed by atoms with E-state index in [0.717, 1.165) is 0 Å². The standard InChI is InChI=1S/C6H10N2O2.C2H6/c1-6(2)5(10)7-3-4(9)8-6;1-2/h3H2,1-2H3,(H,7,10)(H,8,9);1-2H3. The van der Waals surface area contributed by atoms with E-state index in [4.69, 9.17) is 0 Å². The third-order valence-corrected chi connectivity index (χ3v) is 1.43. The van der Waals surface area contributed by atoms with Crippen LogP contribution in [0.3, 0.4) is 0 Å². The van der Waals surface area contributed by atoms with Crippen molar-refractivity contribution in [2.24, 2.45) is 0 Å². The Morgan fingerprint density at radius 2 is 1.75 bits per heavy atom. The summed E-state index contributed by atoms with van der Waals surface area (Å²) in [4.78, 5) is 21.6. The van der Waals surface area contributed by atoms with Crippen LogP contribution in [0.1, 0.15) is 27.7 Å². The van der Waals surface area contributed by atoms with Gasteiger partial charge in [-0.1, -0.05) is 13.8 Å². The van der Waals surface area contributed by atoms with Gasteiger partial charge in [0.25, 0.3) is 0 Å². The minimum Gasteiger partial charge on any atom is -0.345 e. The summed E-state index contributed by atoms with van der Waals surface area (Å²) in [7, 11) is 0. The Morgan fingerprint density at radius 3 is 2.08 bits per heavy atom. The molecule has 1 saturated heterocycles. The van der Waals surface area contributed by atoms with E-state index in [0.29, 0.717) is 0 Å². The summed E-state index contributed by atoms with van der Waals surface area (Å²) in [6.45, 7) is 7.43. The lowest BCUT2D eigenvalue weighted by Gasteiger charge is -2.29. The van der Waals surface area contributed by atoms with E-state index in [2.05, 4.69) is 10.6 Å². The van der Waals surface area contributed by atoms with Gasteiger partial charge in [-0.15, -0.1) is 0 Å². The fourth-order valence-electron chi connectivity index (χ4n) is 0.831. The van der Waals surface area contributed by atoms with Crippen LogP contribution >= 0.6 is 0 Å². The molecule has 0 saturated carbocycles. The lowest BCUT2D eigenvalue weighted by atomic mass is 10.0. The van der Waals surface area contributed by atoms with Gasteiger partial charge in [0.15, 0.2) is 0 Å². The zero-order valence-electron chi connectivity index (χ0n) is 8.02. The second kappa shape index (κ2) is 4.09. The van der Waals surface area contributed by atoms with Gasteiger partial charge in [0.2, 0.25) is 11.8 Å². The molecule has 1 aliphatic heterocycles. The number of nitrogens with one attached hydrogen (secondary N) is 2. The highest BCUT2D eigenvalue weighted by Gasteiger charge is 2.33. The zero-order valence-corrected chi connectivity index (χ0v) is 8.02. The normalized spacial score (nSPS) is 20.0. The van der Waals surface area contributed by atoms with Crippen molar-refractivity contribution in [3.05, 3.63) is 0 Å². The molecule has 1 fully saturated rings. The van der Waals surface area contributed by atoms with Gasteiger partial charge < -0.3 is 10.6 Å². The molecule has 4 heteroatoms. The van der Waals surface area contributed by atoms with Gasteiger partial charge >= 0.3 is 0 Å². The maximum atomic E-state index is 10.9. The number of carbonyl (C=O) groups excluding carboxylic acids is 2. The highest BCUT2D eigenvalue weighted by molar-refractivity contribution is 5.97. The molecule has 0 radical (unpaired) electrons. The molecule has 70 valence electrons. The van der Waals surface area contributed by atoms with Crippen molar-refractivity contribution < 1.29 is 9.59 Å². The van der Waals surface area contributed by atoms with Crippen LogP contribution in [0.15, 0.2) is 0 Å². The van der Waals surface area contributed by atoms with E-state index < -0.39 is 5.54 Å². The van der Waals surface area contributed by atoms with Gasteiger partial charge in [0.05, 0.1) is 6.54 Å². The highest BCUT2D eigenvalue weighted by atomic mass is 16.2. The summed E-state index contributed by atoms with van der Waals surface area (Å²) in [5.74, 6) is -0.267. The first-order chi connectivity index (χ1) is 5.52. The van der Waals surface area contributed by atoms with Gasteiger partial charge in [0, 0.05) is 0 Å². The number of hydrogen-bond acceptors (Lipinski definition) is 2. The molecule has 2 N–H and O–H groups in total. The maximum absolute atomic E-state index is 10.9. The molecule has 4 nitrogen and oxygen atoms in total. The van der Waals surface area contributed by atoms with Crippen molar-refractivity contribution in [2.45, 2.75) is 33.2 Å². The lowest BCUT2D eigenvalue weighted by molar-refractivity contribution is -0.137. The second-order valence-electron chi connectivity index (χ2n) is 2.86. The van der Waals surface area contributed by atoms with Crippen LogP contribution in [0.5, 0.6) is 0 Å². The Morgan fingerprint density at radius 1 is 1.25 bits per heavy atom. The van der Waals surface area contributed by atoms with Crippen molar-refractivity contribution in [3.63, 3.8) is 0 Å². The minimum absolute atomic E-state index is 0.0995. The van der Waals surface area contributed by atoms with Gasteiger partial charge in [-0.05, 0) is 13.8 Å². The van der Waals surface area contributed by atoms with E-state index in [1.807, 2.05) is 13.8 Å². The number of piperazine rings is 1. The molecular formula is C8H16N2O2. The monoisotopic (exact) mass is 172 g/mol. The summed E-state index contributed by atoms with van der Waals surface area (Å²) in [6.07, 6.45) is 0. The lowest BCUT2D eigenvalue weighted by Crippen LogP contribution is -2.62. The quantitative estimate of drug-likeness (QED) is 0.542. The summed E-state index contributed by atoms with van der Waals surface area (Å²) in [5.41, 5.74) is -0.741. The van der Waals surface area contributed by atoms with Gasteiger partial charge in [-0.3, -0.25) is 9.59 Å². The molecule has 0 aliphatic carbocycles. The van der Waals surface area contributed by atoms with E-state index in [9.17, 15) is 9.59 Å². The molecule has 0 spiro atoms. The third kappa shape index (κ3) is 2.53. The van der Waals surface area contributed by atoms with Gasteiger partial charge in [-0.2, -0.15) is 0 Å². The summed E-state index contributed by atoms with van der Waals surface area (Å²) in [6, 6.07) is 0. The average Bonchev–Trinajstić information content (AvgIpc) is 2.01. The van der Waals surface area contributed by atoms with Crippen LogP contribution in [-0.4, -0.2) is 23.9 Å². The predicted octanol–water partition coefficient (Wildman–Crippen LogP) is 0.0372. The summed E-state index contributed by atoms with van der Waals surface area (Å²) >= 11 is 0. The van der Waals surface area contributed by atoms with Crippen molar-refractivity contribution in [1.82, 2.24) is 10.6 Å². The molecule has 1 aliphatic rings. The Kier molecular flexibility index (Phi) is 3.73. The van der Waals surface area contributed by atoms with E-state index in [1.165, 1.54) is 0 Å². The maximum Gasteiger partial charge on any atom is 0.245 e. The van der Waals surface area contributed by atoms with Crippen LogP contribution in [0.2, 0.25) is 0 Å². The van der Waals surface area contributed by atoms with E-state index >= 15 is 0 Å². The molecule has 0 aromatic heterocycles. The van der Waals surface area contributed by atoms with Gasteiger partial charge in [-0.25, -0.2) is 0 Å². The molecule has 0 bridgehead atoms. The topological polar surface area (TPSA) is 58.2 Å². The predicted molar refractivity (Wildman–Crippen MR) is 46.6 cm³/mol. The van der Waals surface area contributed by atoms with Crippen LogP contribution in [0.25, 0.3) is 0 Å². The molecule has 2 amide bonds. The largest absolute Gasteiger partial charge is 0.345 e. The SMILES string of the molecule is CC.CC1(C)NC(=O)CNC1=O. The molecule has 1 rings (SSSR count). The van der Waals surface area contributed by atoms with Gasteiger partial charge in [0.1, 0.15) is 5.54 Å². The number of hydrogen-bond donors (Lipinski definition) is 2. The van der Waals surface area contributed by atoms with E-state index in [-0.39, 0.29) is 18.4 Å². The van der Waals surface area contributed by atoms with Crippen molar-refractivity contribution in [3.8, 4) is 0 Å². The first kappa shape index (κ1) is 10.9. The molecule has 0 atom stereocenters. The number of carbonyl (C=O) groups is 2. The van der Waals surface area contributed by atoms with Crippen LogP contribution in [-0.2, 0) is 9.59 Å². The Bertz CT molecular complexity index is 187. The number of amides is 2. The number of rotatable bonds is 0. The smallest absolute Gasteiger partial charge is 0.245 e. The van der Waals surface area contributed by atoms with Crippen LogP contribution in [0.4, 0.5) is 0 Å².